The number of hydrogen-bond donors (Lipinski definition) is 0. The second-order valence-corrected chi connectivity index (χ2v) is 10.4. The molecule has 0 spiro atoms. The molecular weight excluding hydrogens is 369 g/mol. The fraction of sp³-hybridized carbons (Fsp3) is 0.182. The van der Waals surface area contributed by atoms with Crippen molar-refractivity contribution in [2.75, 3.05) is 0 Å². The number of allylic oxidation sites excluding steroid dienone is 4. The van der Waals surface area contributed by atoms with Crippen molar-refractivity contribution in [1.29, 1.82) is 0 Å². The molecule has 24 heavy (non-hydrogen) atoms. The van der Waals surface area contributed by atoms with Crippen molar-refractivity contribution in [3.63, 3.8) is 0 Å². The number of benzene rings is 2. The molecule has 0 radical (unpaired) electrons. The molecule has 2 aromatic carbocycles. The maximum absolute atomic E-state index is 2.40. The van der Waals surface area contributed by atoms with Gasteiger partial charge in [-0.2, -0.15) is 0 Å². The molecule has 1 nitrogen and oxygen atoms in total. The van der Waals surface area contributed by atoms with Gasteiger partial charge in [0.2, 0.25) is 0 Å². The van der Waals surface area contributed by atoms with E-state index in [4.69, 9.17) is 0 Å². The molecule has 1 aromatic heterocycles. The Bertz CT molecular complexity index is 1050. The maximum atomic E-state index is 2.40. The van der Waals surface area contributed by atoms with Gasteiger partial charge in [-0.25, -0.2) is 0 Å². The van der Waals surface area contributed by atoms with E-state index in [2.05, 4.69) is 73.2 Å². The molecule has 0 bridgehead atoms. The summed E-state index contributed by atoms with van der Waals surface area (Å²) in [7, 11) is 2.22. The minimum absolute atomic E-state index is 0.649. The van der Waals surface area contributed by atoms with E-state index in [1.807, 2.05) is 0 Å². The Labute approximate surface area is 154 Å². The fourth-order valence-electron chi connectivity index (χ4n) is 4.16. The van der Waals surface area contributed by atoms with Crippen LogP contribution >= 0.6 is 0 Å². The third kappa shape index (κ3) is 2.09. The summed E-state index contributed by atoms with van der Waals surface area (Å²) in [5, 5.41) is 1.45. The van der Waals surface area contributed by atoms with Crippen LogP contribution in [-0.2, 0) is 36.7 Å². The van der Waals surface area contributed by atoms with Crippen LogP contribution in [0.15, 0.2) is 57.9 Å². The number of fused-ring (bicyclic) bond motifs is 5. The van der Waals surface area contributed by atoms with Crippen molar-refractivity contribution in [2.45, 2.75) is 19.8 Å². The fourth-order valence-corrected chi connectivity index (χ4v) is 7.36. The molecule has 0 saturated heterocycles. The summed E-state index contributed by atoms with van der Waals surface area (Å²) in [5.74, 6) is 0. The standard InChI is InChI=1S/C17H14N.C5H5.Zr/c1-11-7-8-16-14(9-11)15-10-12-5-3-4-6-13(12)17(15)18(16)2;1-2-4-5-3-1;/h3-4,6-9H,10H2,1-2H3;1-3H,4H2;. The Morgan fingerprint density at radius 1 is 1.08 bits per heavy atom. The first-order chi connectivity index (χ1) is 11.7. The van der Waals surface area contributed by atoms with E-state index in [0.29, 0.717) is 0 Å². The van der Waals surface area contributed by atoms with Gasteiger partial charge in [-0.15, -0.1) is 0 Å². The topological polar surface area (TPSA) is 4.93 Å². The van der Waals surface area contributed by atoms with Crippen LogP contribution < -0.4 is 3.27 Å². The first-order valence-electron chi connectivity index (χ1n) is 8.55. The molecule has 2 aliphatic rings. The molecule has 0 N–H and O–H groups in total. The van der Waals surface area contributed by atoms with Crippen molar-refractivity contribution >= 4 is 14.2 Å². The van der Waals surface area contributed by atoms with Crippen LogP contribution in [0.4, 0.5) is 0 Å². The molecular formula is C22H19NZr. The third-order valence-corrected chi connectivity index (χ3v) is 8.83. The summed E-state index contributed by atoms with van der Waals surface area (Å²) < 4.78 is 5.77. The first kappa shape index (κ1) is 14.7. The summed E-state index contributed by atoms with van der Waals surface area (Å²) in [6.45, 7) is 2.19. The van der Waals surface area contributed by atoms with Crippen LogP contribution in [-0.4, -0.2) is 4.57 Å². The molecule has 116 valence electrons. The summed E-state index contributed by atoms with van der Waals surface area (Å²) in [4.78, 5) is 0. The van der Waals surface area contributed by atoms with Crippen molar-refractivity contribution in [2.24, 2.45) is 7.05 Å². The van der Waals surface area contributed by atoms with Gasteiger partial charge in [0, 0.05) is 0 Å². The van der Waals surface area contributed by atoms with Crippen molar-refractivity contribution < 1.29 is 23.2 Å². The molecule has 0 fully saturated rings. The Hall–Kier alpha value is -1.66. The van der Waals surface area contributed by atoms with E-state index >= 15 is 0 Å². The Morgan fingerprint density at radius 3 is 2.83 bits per heavy atom. The van der Waals surface area contributed by atoms with E-state index in [0.717, 1.165) is 6.42 Å². The molecule has 3 aromatic rings. The van der Waals surface area contributed by atoms with E-state index in [-0.39, 0.29) is 0 Å². The van der Waals surface area contributed by atoms with E-state index in [1.54, 1.807) is 12.1 Å². The Kier molecular flexibility index (Phi) is 3.32. The second-order valence-electron chi connectivity index (χ2n) is 6.86. The van der Waals surface area contributed by atoms with Crippen molar-refractivity contribution in [3.8, 4) is 11.3 Å². The van der Waals surface area contributed by atoms with Gasteiger partial charge in [0.05, 0.1) is 0 Å². The van der Waals surface area contributed by atoms with Crippen LogP contribution in [0.3, 0.4) is 0 Å². The third-order valence-electron chi connectivity index (χ3n) is 5.31. The molecule has 0 amide bonds. The predicted molar refractivity (Wildman–Crippen MR) is 97.4 cm³/mol. The SMILES string of the molecule is Cc1ccc2c(c1)c1c(n2C)-c2ccc[c]([Zr][C]3=CC=CC3)c2C1. The van der Waals surface area contributed by atoms with E-state index in [9.17, 15) is 0 Å². The minimum atomic E-state index is -0.649. The molecule has 0 atom stereocenters. The quantitative estimate of drug-likeness (QED) is 0.473. The molecule has 2 aliphatic carbocycles. The first-order valence-corrected chi connectivity index (χ1v) is 11.0. The van der Waals surface area contributed by atoms with Gasteiger partial charge >= 0.3 is 155 Å². The molecule has 1 heterocycles. The van der Waals surface area contributed by atoms with Gasteiger partial charge in [0.15, 0.2) is 0 Å². The summed E-state index contributed by atoms with van der Waals surface area (Å²) in [6.07, 6.45) is 9.18. The van der Waals surface area contributed by atoms with E-state index in [1.165, 1.54) is 39.7 Å². The molecule has 5 rings (SSSR count). The number of rotatable bonds is 2. The summed E-state index contributed by atoms with van der Waals surface area (Å²) >= 11 is -0.649. The van der Waals surface area contributed by atoms with Crippen LogP contribution in [0, 0.1) is 6.92 Å². The molecule has 2 heteroatoms. The monoisotopic (exact) mass is 387 g/mol. The number of aryl methyl sites for hydroxylation is 2. The van der Waals surface area contributed by atoms with Crippen LogP contribution in [0.1, 0.15) is 23.1 Å². The van der Waals surface area contributed by atoms with Crippen molar-refractivity contribution in [1.82, 2.24) is 4.57 Å². The van der Waals surface area contributed by atoms with Gasteiger partial charge in [0.25, 0.3) is 0 Å². The Balaban J connectivity index is 1.68. The van der Waals surface area contributed by atoms with Gasteiger partial charge in [-0.1, -0.05) is 0 Å². The zero-order chi connectivity index (χ0) is 16.3. The van der Waals surface area contributed by atoms with Gasteiger partial charge < -0.3 is 0 Å². The van der Waals surface area contributed by atoms with Gasteiger partial charge in [-0.05, 0) is 0 Å². The average molecular weight is 389 g/mol. The number of hydrogen-bond acceptors (Lipinski definition) is 0. The molecule has 0 unspecified atom stereocenters. The van der Waals surface area contributed by atoms with Crippen molar-refractivity contribution in [3.05, 3.63) is 74.6 Å². The van der Waals surface area contributed by atoms with Crippen LogP contribution in [0.25, 0.3) is 22.2 Å². The average Bonchev–Trinajstić information content (AvgIpc) is 3.26. The molecule has 0 saturated carbocycles. The Morgan fingerprint density at radius 2 is 2.00 bits per heavy atom. The second kappa shape index (κ2) is 5.43. The number of aromatic nitrogens is 1. The normalized spacial score (nSPS) is 14.8. The van der Waals surface area contributed by atoms with Crippen LogP contribution in [0.5, 0.6) is 0 Å². The van der Waals surface area contributed by atoms with Gasteiger partial charge in [0.1, 0.15) is 0 Å². The summed E-state index contributed by atoms with van der Waals surface area (Å²) in [5.41, 5.74) is 8.80. The van der Waals surface area contributed by atoms with Gasteiger partial charge in [-0.3, -0.25) is 0 Å². The van der Waals surface area contributed by atoms with Crippen LogP contribution in [0.2, 0.25) is 0 Å². The number of nitrogens with zero attached hydrogens (tertiary/aromatic N) is 1. The zero-order valence-corrected chi connectivity index (χ0v) is 16.5. The van der Waals surface area contributed by atoms with E-state index < -0.39 is 23.2 Å². The predicted octanol–water partition coefficient (Wildman–Crippen LogP) is 4.61. The summed E-state index contributed by atoms with van der Waals surface area (Å²) in [6, 6.07) is 13.9. The molecule has 0 aliphatic heterocycles. The zero-order valence-electron chi connectivity index (χ0n) is 14.1.